The maximum atomic E-state index is 12.6. The molecule has 8 heteroatoms. The Kier molecular flexibility index (Phi) is 31.7. The second kappa shape index (κ2) is 33.9. The maximum Gasteiger partial charge on any atom is 0.306 e. The first-order chi connectivity index (χ1) is 24.6. The Labute approximate surface area is 311 Å². The molecule has 0 aliphatic rings. The van der Waals surface area contributed by atoms with Gasteiger partial charge in [0.25, 0.3) is 0 Å². The standard InChI is InChI=1S/C43H71NO7/c1-6-8-10-12-14-15-16-17-18-19-20-21-22-23-24-25-26-28-30-32-34-42(46)51-39(37-49-36-35-40(43(47)48)44(3,4)5)38-50-41(45)33-31-29-27-13-11-9-7-2/h8,10,14-15,17-18,20-21,23-24,26,28,39-40H,6-7,9,11-13,16,19,22,25,27,29-38H2,1-5H3/b10-8+,15-14+,18-17+,21-20+,24-23+,28-26+. The van der Waals surface area contributed by atoms with Crippen molar-refractivity contribution in [1.29, 1.82) is 0 Å². The fourth-order valence-electron chi connectivity index (χ4n) is 5.08. The molecule has 0 rings (SSSR count). The van der Waals surface area contributed by atoms with Crippen LogP contribution in [0.15, 0.2) is 72.9 Å². The lowest BCUT2D eigenvalue weighted by atomic mass is 10.1. The molecule has 0 aromatic carbocycles. The molecule has 51 heavy (non-hydrogen) atoms. The van der Waals surface area contributed by atoms with Crippen molar-refractivity contribution in [2.45, 2.75) is 142 Å². The molecule has 290 valence electrons. The van der Waals surface area contributed by atoms with Gasteiger partial charge in [0.1, 0.15) is 12.6 Å². The highest BCUT2D eigenvalue weighted by Gasteiger charge is 2.25. The first-order valence-corrected chi connectivity index (χ1v) is 19.5. The third kappa shape index (κ3) is 32.4. The Morgan fingerprint density at radius 1 is 0.608 bits per heavy atom. The molecule has 0 heterocycles. The number of likely N-dealkylation sites (N-methyl/N-ethyl adjacent to an activating group) is 1. The van der Waals surface area contributed by atoms with Gasteiger partial charge in [-0.1, -0.05) is 125 Å². The van der Waals surface area contributed by atoms with E-state index in [1.54, 1.807) is 21.1 Å². The van der Waals surface area contributed by atoms with Gasteiger partial charge in [0, 0.05) is 19.3 Å². The second-order valence-corrected chi connectivity index (χ2v) is 13.8. The fourth-order valence-corrected chi connectivity index (χ4v) is 5.08. The number of nitrogens with zero attached hydrogens (tertiary/aromatic N) is 1. The van der Waals surface area contributed by atoms with E-state index < -0.39 is 18.1 Å². The molecule has 0 aromatic rings. The van der Waals surface area contributed by atoms with Crippen LogP contribution in [0.4, 0.5) is 0 Å². The molecule has 8 nitrogen and oxygen atoms in total. The summed E-state index contributed by atoms with van der Waals surface area (Å²) in [6.45, 7) is 4.41. The Hall–Kier alpha value is -3.23. The van der Waals surface area contributed by atoms with E-state index in [1.165, 1.54) is 25.7 Å². The number of unbranched alkanes of at least 4 members (excludes halogenated alkanes) is 7. The number of carbonyl (C=O) groups is 3. The molecule has 0 saturated carbocycles. The third-order valence-electron chi connectivity index (χ3n) is 8.11. The minimum atomic E-state index is -1.14. The van der Waals surface area contributed by atoms with E-state index in [0.717, 1.165) is 64.2 Å². The summed E-state index contributed by atoms with van der Waals surface area (Å²) in [6, 6.07) is -0.736. The van der Waals surface area contributed by atoms with E-state index in [9.17, 15) is 19.5 Å². The Morgan fingerprint density at radius 2 is 1.10 bits per heavy atom. The van der Waals surface area contributed by atoms with Gasteiger partial charge in [-0.3, -0.25) is 9.59 Å². The lowest BCUT2D eigenvalue weighted by Crippen LogP contribution is -2.55. The van der Waals surface area contributed by atoms with Crippen molar-refractivity contribution in [3.05, 3.63) is 72.9 Å². The van der Waals surface area contributed by atoms with Crippen molar-refractivity contribution in [3.8, 4) is 0 Å². The zero-order chi connectivity index (χ0) is 37.8. The van der Waals surface area contributed by atoms with Crippen molar-refractivity contribution in [2.24, 2.45) is 0 Å². The largest absolute Gasteiger partial charge is 0.544 e. The molecular weight excluding hydrogens is 642 g/mol. The summed E-state index contributed by atoms with van der Waals surface area (Å²) in [6.07, 6.45) is 40.9. The highest BCUT2D eigenvalue weighted by atomic mass is 16.6. The van der Waals surface area contributed by atoms with Crippen LogP contribution in [0.5, 0.6) is 0 Å². The van der Waals surface area contributed by atoms with Gasteiger partial charge in [-0.2, -0.15) is 0 Å². The zero-order valence-electron chi connectivity index (χ0n) is 32.7. The van der Waals surface area contributed by atoms with Crippen molar-refractivity contribution < 1.29 is 38.2 Å². The summed E-state index contributed by atoms with van der Waals surface area (Å²) >= 11 is 0. The van der Waals surface area contributed by atoms with Crippen LogP contribution in [-0.4, -0.2) is 75.5 Å². The van der Waals surface area contributed by atoms with Crippen LogP contribution < -0.4 is 5.11 Å². The number of ether oxygens (including phenoxy) is 3. The highest BCUT2D eigenvalue weighted by molar-refractivity contribution is 5.70. The average molecular weight is 714 g/mol. The molecule has 0 fully saturated rings. The summed E-state index contributed by atoms with van der Waals surface area (Å²) in [5.74, 6) is -1.83. The highest BCUT2D eigenvalue weighted by Crippen LogP contribution is 2.11. The van der Waals surface area contributed by atoms with Gasteiger partial charge < -0.3 is 28.6 Å². The normalized spacial score (nSPS) is 13.8. The third-order valence-corrected chi connectivity index (χ3v) is 8.11. The van der Waals surface area contributed by atoms with Crippen molar-refractivity contribution in [1.82, 2.24) is 0 Å². The zero-order valence-corrected chi connectivity index (χ0v) is 32.7. The summed E-state index contributed by atoms with van der Waals surface area (Å²) in [7, 11) is 5.36. The Bertz CT molecular complexity index is 1060. The van der Waals surface area contributed by atoms with Crippen LogP contribution in [0, 0.1) is 0 Å². The number of allylic oxidation sites excluding steroid dienone is 12. The Balaban J connectivity index is 4.47. The maximum absolute atomic E-state index is 12.6. The van der Waals surface area contributed by atoms with E-state index in [0.29, 0.717) is 12.8 Å². The lowest BCUT2D eigenvalue weighted by Gasteiger charge is -2.34. The number of quaternary nitrogens is 1. The van der Waals surface area contributed by atoms with Crippen molar-refractivity contribution in [3.63, 3.8) is 0 Å². The van der Waals surface area contributed by atoms with Gasteiger partial charge >= 0.3 is 11.9 Å². The van der Waals surface area contributed by atoms with Crippen LogP contribution in [0.3, 0.4) is 0 Å². The van der Waals surface area contributed by atoms with Crippen LogP contribution in [0.1, 0.15) is 129 Å². The molecular formula is C43H71NO7. The number of hydrogen-bond acceptors (Lipinski definition) is 7. The van der Waals surface area contributed by atoms with Gasteiger partial charge in [0.05, 0.1) is 40.3 Å². The van der Waals surface area contributed by atoms with Gasteiger partial charge in [-0.25, -0.2) is 0 Å². The molecule has 0 radical (unpaired) electrons. The fraction of sp³-hybridized carbons (Fsp3) is 0.651. The monoisotopic (exact) mass is 714 g/mol. The summed E-state index contributed by atoms with van der Waals surface area (Å²) in [5.41, 5.74) is 0. The van der Waals surface area contributed by atoms with E-state index in [1.807, 2.05) is 0 Å². The van der Waals surface area contributed by atoms with Crippen LogP contribution in [0.2, 0.25) is 0 Å². The molecule has 0 bridgehead atoms. The van der Waals surface area contributed by atoms with Crippen LogP contribution in [0.25, 0.3) is 0 Å². The first kappa shape index (κ1) is 47.8. The number of rotatable bonds is 33. The predicted molar refractivity (Wildman–Crippen MR) is 208 cm³/mol. The first-order valence-electron chi connectivity index (χ1n) is 19.5. The number of aliphatic carboxylic acids is 1. The molecule has 0 aromatic heterocycles. The average Bonchev–Trinajstić information content (AvgIpc) is 3.08. The second-order valence-electron chi connectivity index (χ2n) is 13.8. The van der Waals surface area contributed by atoms with E-state index in [4.69, 9.17) is 14.2 Å². The molecule has 0 spiro atoms. The summed E-state index contributed by atoms with van der Waals surface area (Å²) in [4.78, 5) is 36.5. The molecule has 0 aliphatic carbocycles. The molecule has 0 aliphatic heterocycles. The van der Waals surface area contributed by atoms with Gasteiger partial charge in [-0.15, -0.1) is 0 Å². The van der Waals surface area contributed by atoms with Crippen LogP contribution >= 0.6 is 0 Å². The predicted octanol–water partition coefficient (Wildman–Crippen LogP) is 8.68. The van der Waals surface area contributed by atoms with Crippen LogP contribution in [-0.2, 0) is 28.6 Å². The quantitative estimate of drug-likeness (QED) is 0.0290. The molecule has 2 unspecified atom stereocenters. The van der Waals surface area contributed by atoms with Crippen molar-refractivity contribution in [2.75, 3.05) is 41.0 Å². The van der Waals surface area contributed by atoms with Gasteiger partial charge in [0.2, 0.25) is 0 Å². The number of hydrogen-bond donors (Lipinski definition) is 0. The molecule has 2 atom stereocenters. The summed E-state index contributed by atoms with van der Waals surface area (Å²) in [5, 5.41) is 11.6. The SMILES string of the molecule is CC/C=C/C/C=C/C/C=C/C/C=C/C/C=C/C/C=C/CCCC(=O)OC(COCCC(C(=O)[O-])[N+](C)(C)C)COC(=O)CCCCCCCCC. The number of carbonyl (C=O) groups excluding carboxylic acids is 3. The van der Waals surface area contributed by atoms with E-state index in [2.05, 4.69) is 86.8 Å². The molecule has 0 saturated heterocycles. The summed E-state index contributed by atoms with van der Waals surface area (Å²) < 4.78 is 17.0. The van der Waals surface area contributed by atoms with E-state index >= 15 is 0 Å². The number of carboxylic acid groups (broad SMARTS) is 1. The topological polar surface area (TPSA) is 102 Å². The van der Waals surface area contributed by atoms with Gasteiger partial charge in [0.15, 0.2) is 6.10 Å². The van der Waals surface area contributed by atoms with Gasteiger partial charge in [-0.05, 0) is 57.8 Å². The minimum Gasteiger partial charge on any atom is -0.544 e. The lowest BCUT2D eigenvalue weighted by molar-refractivity contribution is -0.889. The van der Waals surface area contributed by atoms with Crippen molar-refractivity contribution >= 4 is 17.9 Å². The minimum absolute atomic E-state index is 0.0144. The number of carboxylic acids is 1. The Morgan fingerprint density at radius 3 is 1.61 bits per heavy atom. The smallest absolute Gasteiger partial charge is 0.306 e. The number of esters is 2. The molecule has 0 amide bonds. The van der Waals surface area contributed by atoms with E-state index in [-0.39, 0.29) is 49.1 Å². The molecule has 0 N–H and O–H groups in total.